The van der Waals surface area contributed by atoms with Gasteiger partial charge in [-0.2, -0.15) is 0 Å². The second-order valence-electron chi connectivity index (χ2n) is 2.72. The van der Waals surface area contributed by atoms with Gasteiger partial charge in [0.25, 0.3) is 0 Å². The standard InChI is InChI=1S/C9H21NO3.H2O/c1-4-7-11-10(12-8-5-2)13-9-6-3;/h4-9H2,1-3H3;1H2. The minimum absolute atomic E-state index is 0. The molecule has 2 N–H and O–H groups in total. The first-order valence-corrected chi connectivity index (χ1v) is 5.04. The number of hydrogen-bond donors (Lipinski definition) is 0. The van der Waals surface area contributed by atoms with E-state index in [9.17, 15) is 0 Å². The fourth-order valence-electron chi connectivity index (χ4n) is 0.609. The fraction of sp³-hybridized carbons (Fsp3) is 1.00. The van der Waals surface area contributed by atoms with Crippen LogP contribution in [0.15, 0.2) is 0 Å². The van der Waals surface area contributed by atoms with Gasteiger partial charge < -0.3 is 5.48 Å². The lowest BCUT2D eigenvalue weighted by Gasteiger charge is -2.18. The minimum atomic E-state index is 0. The zero-order chi connectivity index (χ0) is 9.94. The Morgan fingerprint density at radius 3 is 1.21 bits per heavy atom. The predicted octanol–water partition coefficient (Wildman–Crippen LogP) is 1.49. The van der Waals surface area contributed by atoms with E-state index in [1.807, 2.05) is 20.8 Å². The van der Waals surface area contributed by atoms with Crippen molar-refractivity contribution in [2.75, 3.05) is 19.8 Å². The largest absolute Gasteiger partial charge is 0.412 e. The van der Waals surface area contributed by atoms with E-state index in [0.29, 0.717) is 19.8 Å². The van der Waals surface area contributed by atoms with Crippen molar-refractivity contribution in [2.45, 2.75) is 40.0 Å². The fourth-order valence-corrected chi connectivity index (χ4v) is 0.609. The van der Waals surface area contributed by atoms with Crippen molar-refractivity contribution in [1.29, 1.82) is 0 Å². The lowest BCUT2D eigenvalue weighted by atomic mass is 10.5. The molecule has 0 bridgehead atoms. The first kappa shape index (κ1) is 16.2. The van der Waals surface area contributed by atoms with Crippen LogP contribution in [0.3, 0.4) is 0 Å². The summed E-state index contributed by atoms with van der Waals surface area (Å²) < 4.78 is 0. The molecular weight excluding hydrogens is 186 g/mol. The van der Waals surface area contributed by atoms with Crippen molar-refractivity contribution in [3.63, 3.8) is 0 Å². The van der Waals surface area contributed by atoms with Crippen molar-refractivity contribution in [2.24, 2.45) is 0 Å². The molecule has 88 valence electrons. The van der Waals surface area contributed by atoms with Crippen LogP contribution < -0.4 is 0 Å². The van der Waals surface area contributed by atoms with Crippen LogP contribution in [0.2, 0.25) is 0 Å². The third-order valence-electron chi connectivity index (χ3n) is 1.20. The van der Waals surface area contributed by atoms with Crippen LogP contribution in [0, 0.1) is 0 Å². The van der Waals surface area contributed by atoms with E-state index in [2.05, 4.69) is 0 Å². The average molecular weight is 209 g/mol. The summed E-state index contributed by atoms with van der Waals surface area (Å²) in [6.45, 7) is 7.97. The molecule has 0 aromatic rings. The molecule has 0 atom stereocenters. The van der Waals surface area contributed by atoms with Gasteiger partial charge in [0.2, 0.25) is 0 Å². The van der Waals surface area contributed by atoms with Crippen molar-refractivity contribution < 1.29 is 20.0 Å². The second kappa shape index (κ2) is 12.8. The van der Waals surface area contributed by atoms with E-state index < -0.39 is 0 Å². The Morgan fingerprint density at radius 2 is 1.00 bits per heavy atom. The Balaban J connectivity index is 0. The van der Waals surface area contributed by atoms with E-state index in [-0.39, 0.29) is 5.48 Å². The van der Waals surface area contributed by atoms with Gasteiger partial charge in [0.1, 0.15) is 0 Å². The van der Waals surface area contributed by atoms with Crippen LogP contribution in [-0.4, -0.2) is 30.7 Å². The third kappa shape index (κ3) is 9.88. The molecule has 0 aliphatic carbocycles. The molecule has 0 aromatic carbocycles. The zero-order valence-electron chi connectivity index (χ0n) is 9.41. The summed E-state index contributed by atoms with van der Waals surface area (Å²) >= 11 is 0. The second-order valence-corrected chi connectivity index (χ2v) is 2.72. The van der Waals surface area contributed by atoms with E-state index >= 15 is 0 Å². The molecule has 0 heterocycles. The van der Waals surface area contributed by atoms with Crippen LogP contribution in [0.5, 0.6) is 0 Å². The van der Waals surface area contributed by atoms with Gasteiger partial charge in [-0.15, -0.1) is 0 Å². The van der Waals surface area contributed by atoms with Crippen molar-refractivity contribution >= 4 is 0 Å². The van der Waals surface area contributed by atoms with Gasteiger partial charge in [0.05, 0.1) is 25.2 Å². The third-order valence-corrected chi connectivity index (χ3v) is 1.20. The molecule has 5 nitrogen and oxygen atoms in total. The van der Waals surface area contributed by atoms with Crippen LogP contribution in [0.25, 0.3) is 0 Å². The molecule has 0 fully saturated rings. The van der Waals surface area contributed by atoms with Crippen molar-refractivity contribution in [3.05, 3.63) is 0 Å². The van der Waals surface area contributed by atoms with Gasteiger partial charge in [0.15, 0.2) is 0 Å². The highest BCUT2D eigenvalue weighted by atomic mass is 17.2. The molecule has 0 spiro atoms. The monoisotopic (exact) mass is 209 g/mol. The lowest BCUT2D eigenvalue weighted by Crippen LogP contribution is -2.26. The Labute approximate surface area is 86.1 Å². The Bertz CT molecular complexity index is 83.8. The normalized spacial score (nSPS) is 10.3. The SMILES string of the molecule is CCCON(OCCC)OCCC.O. The maximum Gasteiger partial charge on any atom is 0.0766 e. The Morgan fingerprint density at radius 1 is 0.714 bits per heavy atom. The minimum Gasteiger partial charge on any atom is -0.412 e. The predicted molar refractivity (Wildman–Crippen MR) is 54.2 cm³/mol. The highest BCUT2D eigenvalue weighted by Crippen LogP contribution is 1.97. The maximum atomic E-state index is 5.18. The summed E-state index contributed by atoms with van der Waals surface area (Å²) in [7, 11) is 0. The molecular formula is C9H23NO4. The molecule has 0 aromatic heterocycles. The Hall–Kier alpha value is -0.200. The van der Waals surface area contributed by atoms with Crippen molar-refractivity contribution in [1.82, 2.24) is 5.39 Å². The quantitative estimate of drug-likeness (QED) is 0.540. The molecule has 0 aliphatic heterocycles. The molecule has 14 heavy (non-hydrogen) atoms. The number of nitrogens with zero attached hydrogens (tertiary/aromatic N) is 1. The van der Waals surface area contributed by atoms with Crippen LogP contribution in [0.1, 0.15) is 40.0 Å². The van der Waals surface area contributed by atoms with Gasteiger partial charge in [0, 0.05) is 0 Å². The summed E-state index contributed by atoms with van der Waals surface area (Å²) in [6, 6.07) is 0. The summed E-state index contributed by atoms with van der Waals surface area (Å²) in [5, 5.41) is 1.14. The molecule has 0 radical (unpaired) electrons. The highest BCUT2D eigenvalue weighted by molar-refractivity contribution is 4.21. The smallest absolute Gasteiger partial charge is 0.0766 e. The summed E-state index contributed by atoms with van der Waals surface area (Å²) in [5.74, 6) is 0. The lowest BCUT2D eigenvalue weighted by molar-refractivity contribution is -0.526. The van der Waals surface area contributed by atoms with Gasteiger partial charge in [-0.25, -0.2) is 0 Å². The van der Waals surface area contributed by atoms with Gasteiger partial charge in [-0.05, 0) is 19.3 Å². The molecule has 0 amide bonds. The Kier molecular flexibility index (Phi) is 14.8. The molecule has 0 saturated heterocycles. The van der Waals surface area contributed by atoms with Crippen LogP contribution >= 0.6 is 0 Å². The van der Waals surface area contributed by atoms with E-state index in [1.54, 1.807) is 0 Å². The number of hydrogen-bond acceptors (Lipinski definition) is 4. The molecule has 0 unspecified atom stereocenters. The first-order valence-electron chi connectivity index (χ1n) is 5.04. The average Bonchev–Trinajstić information content (AvgIpc) is 2.17. The maximum absolute atomic E-state index is 5.18. The molecule has 5 heteroatoms. The first-order chi connectivity index (χ1) is 6.35. The topological polar surface area (TPSA) is 62.4 Å². The van der Waals surface area contributed by atoms with Gasteiger partial charge in [-0.3, -0.25) is 14.5 Å². The molecule has 0 saturated carbocycles. The summed E-state index contributed by atoms with van der Waals surface area (Å²) in [6.07, 6.45) is 2.84. The van der Waals surface area contributed by atoms with E-state index in [4.69, 9.17) is 14.5 Å². The molecule has 0 aliphatic rings. The van der Waals surface area contributed by atoms with Gasteiger partial charge >= 0.3 is 0 Å². The highest BCUT2D eigenvalue weighted by Gasteiger charge is 2.04. The summed E-state index contributed by atoms with van der Waals surface area (Å²) in [4.78, 5) is 15.6. The molecule has 0 rings (SSSR count). The van der Waals surface area contributed by atoms with Crippen LogP contribution in [0.4, 0.5) is 0 Å². The van der Waals surface area contributed by atoms with E-state index in [1.165, 1.54) is 0 Å². The van der Waals surface area contributed by atoms with Crippen LogP contribution in [-0.2, 0) is 14.5 Å². The van der Waals surface area contributed by atoms with E-state index in [0.717, 1.165) is 24.7 Å². The number of rotatable bonds is 9. The van der Waals surface area contributed by atoms with Gasteiger partial charge in [-0.1, -0.05) is 20.8 Å². The van der Waals surface area contributed by atoms with Crippen molar-refractivity contribution in [3.8, 4) is 0 Å². The summed E-state index contributed by atoms with van der Waals surface area (Å²) in [5.41, 5.74) is 0. The zero-order valence-corrected chi connectivity index (χ0v) is 9.41.